The van der Waals surface area contributed by atoms with Gasteiger partial charge < -0.3 is 15.2 Å². The highest BCUT2D eigenvalue weighted by molar-refractivity contribution is 4.67. The zero-order chi connectivity index (χ0) is 12.3. The molecule has 0 bridgehead atoms. The third kappa shape index (κ3) is 7.02. The molecule has 1 rings (SSSR count). The number of aliphatic hydroxyl groups excluding tert-OH is 1. The number of hydrogen-bond acceptors (Lipinski definition) is 3. The minimum atomic E-state index is 0.209. The standard InChI is InChI=1S/C14H29NO2/c1-2-10-15-13(12-16)9-11-17-14-7-5-3-4-6-8-14/h13-16H,2-12H2,1H3. The average molecular weight is 243 g/mol. The Hall–Kier alpha value is -0.120. The van der Waals surface area contributed by atoms with Crippen molar-refractivity contribution in [1.29, 1.82) is 0 Å². The molecule has 1 aliphatic carbocycles. The Balaban J connectivity index is 2.07. The molecular formula is C14H29NO2. The van der Waals surface area contributed by atoms with E-state index in [1.165, 1.54) is 38.5 Å². The molecule has 0 aliphatic heterocycles. The number of ether oxygens (including phenoxy) is 1. The number of hydrogen-bond donors (Lipinski definition) is 2. The molecule has 0 radical (unpaired) electrons. The van der Waals surface area contributed by atoms with Crippen LogP contribution >= 0.6 is 0 Å². The van der Waals surface area contributed by atoms with Crippen LogP contribution in [0.4, 0.5) is 0 Å². The van der Waals surface area contributed by atoms with E-state index < -0.39 is 0 Å². The molecule has 0 aromatic heterocycles. The molecule has 17 heavy (non-hydrogen) atoms. The second kappa shape index (κ2) is 9.86. The van der Waals surface area contributed by atoms with E-state index in [9.17, 15) is 5.11 Å². The van der Waals surface area contributed by atoms with Gasteiger partial charge in [-0.2, -0.15) is 0 Å². The molecular weight excluding hydrogens is 214 g/mol. The summed E-state index contributed by atoms with van der Waals surface area (Å²) in [4.78, 5) is 0. The van der Waals surface area contributed by atoms with Gasteiger partial charge >= 0.3 is 0 Å². The van der Waals surface area contributed by atoms with Crippen LogP contribution in [0.5, 0.6) is 0 Å². The van der Waals surface area contributed by atoms with Gasteiger partial charge in [-0.05, 0) is 32.2 Å². The molecule has 102 valence electrons. The SMILES string of the molecule is CCCNC(CO)CCOC1CCCCCC1. The molecule has 1 atom stereocenters. The first-order chi connectivity index (χ1) is 8.36. The second-order valence-corrected chi connectivity index (χ2v) is 5.11. The summed E-state index contributed by atoms with van der Waals surface area (Å²) >= 11 is 0. The van der Waals surface area contributed by atoms with Gasteiger partial charge in [0.25, 0.3) is 0 Å². The van der Waals surface area contributed by atoms with E-state index >= 15 is 0 Å². The van der Waals surface area contributed by atoms with Crippen molar-refractivity contribution in [2.45, 2.75) is 70.4 Å². The van der Waals surface area contributed by atoms with E-state index in [1.807, 2.05) is 0 Å². The normalized spacial score (nSPS) is 20.1. The smallest absolute Gasteiger partial charge is 0.0585 e. The molecule has 0 aromatic carbocycles. The van der Waals surface area contributed by atoms with Crippen LogP contribution in [0.15, 0.2) is 0 Å². The van der Waals surface area contributed by atoms with Crippen LogP contribution < -0.4 is 5.32 Å². The Labute approximate surface area is 106 Å². The van der Waals surface area contributed by atoms with Crippen LogP contribution in [-0.2, 0) is 4.74 Å². The summed E-state index contributed by atoms with van der Waals surface area (Å²) < 4.78 is 5.92. The maximum absolute atomic E-state index is 9.22. The van der Waals surface area contributed by atoms with E-state index in [1.54, 1.807) is 0 Å². The molecule has 1 unspecified atom stereocenters. The highest BCUT2D eigenvalue weighted by atomic mass is 16.5. The largest absolute Gasteiger partial charge is 0.395 e. The molecule has 0 aromatic rings. The number of rotatable bonds is 8. The van der Waals surface area contributed by atoms with Crippen LogP contribution in [0.25, 0.3) is 0 Å². The van der Waals surface area contributed by atoms with Crippen molar-refractivity contribution >= 4 is 0 Å². The van der Waals surface area contributed by atoms with Crippen LogP contribution in [-0.4, -0.2) is 37.0 Å². The lowest BCUT2D eigenvalue weighted by Crippen LogP contribution is -2.34. The van der Waals surface area contributed by atoms with Gasteiger partial charge in [0.2, 0.25) is 0 Å². The van der Waals surface area contributed by atoms with Gasteiger partial charge in [0, 0.05) is 12.6 Å². The van der Waals surface area contributed by atoms with Crippen LogP contribution in [0, 0.1) is 0 Å². The highest BCUT2D eigenvalue weighted by Gasteiger charge is 2.13. The maximum atomic E-state index is 9.22. The van der Waals surface area contributed by atoms with Crippen molar-refractivity contribution in [2.24, 2.45) is 0 Å². The lowest BCUT2D eigenvalue weighted by atomic mass is 10.1. The Morgan fingerprint density at radius 1 is 1.24 bits per heavy atom. The second-order valence-electron chi connectivity index (χ2n) is 5.11. The summed E-state index contributed by atoms with van der Waals surface area (Å²) in [7, 11) is 0. The first kappa shape index (κ1) is 14.9. The lowest BCUT2D eigenvalue weighted by molar-refractivity contribution is 0.0343. The van der Waals surface area contributed by atoms with E-state index in [2.05, 4.69) is 12.2 Å². The predicted octanol–water partition coefficient (Wildman–Crippen LogP) is 2.48. The molecule has 0 spiro atoms. The molecule has 2 N–H and O–H groups in total. The molecule has 0 amide bonds. The first-order valence-electron chi connectivity index (χ1n) is 7.32. The number of aliphatic hydroxyl groups is 1. The summed E-state index contributed by atoms with van der Waals surface area (Å²) in [5, 5.41) is 12.6. The summed E-state index contributed by atoms with van der Waals surface area (Å²) in [5.41, 5.74) is 0. The highest BCUT2D eigenvalue weighted by Crippen LogP contribution is 2.19. The summed E-state index contributed by atoms with van der Waals surface area (Å²) in [5.74, 6) is 0. The van der Waals surface area contributed by atoms with Crippen molar-refractivity contribution in [3.63, 3.8) is 0 Å². The molecule has 1 fully saturated rings. The molecule has 0 saturated heterocycles. The monoisotopic (exact) mass is 243 g/mol. The minimum absolute atomic E-state index is 0.209. The van der Waals surface area contributed by atoms with Crippen LogP contribution in [0.2, 0.25) is 0 Å². The fourth-order valence-electron chi connectivity index (χ4n) is 2.39. The van der Waals surface area contributed by atoms with Crippen LogP contribution in [0.1, 0.15) is 58.3 Å². The zero-order valence-electron chi connectivity index (χ0n) is 11.3. The Kier molecular flexibility index (Phi) is 8.67. The molecule has 0 heterocycles. The van der Waals surface area contributed by atoms with Crippen molar-refractivity contribution in [2.75, 3.05) is 19.8 Å². The fourth-order valence-corrected chi connectivity index (χ4v) is 2.39. The zero-order valence-corrected chi connectivity index (χ0v) is 11.3. The van der Waals surface area contributed by atoms with Gasteiger partial charge in [-0.1, -0.05) is 32.6 Å². The van der Waals surface area contributed by atoms with Crippen molar-refractivity contribution in [3.8, 4) is 0 Å². The van der Waals surface area contributed by atoms with Gasteiger partial charge in [0.15, 0.2) is 0 Å². The summed E-state index contributed by atoms with van der Waals surface area (Å²) in [6.07, 6.45) is 10.4. The van der Waals surface area contributed by atoms with E-state index in [-0.39, 0.29) is 12.6 Å². The molecule has 1 saturated carbocycles. The van der Waals surface area contributed by atoms with Crippen molar-refractivity contribution in [3.05, 3.63) is 0 Å². The van der Waals surface area contributed by atoms with Crippen LogP contribution in [0.3, 0.4) is 0 Å². The average Bonchev–Trinajstić information content (AvgIpc) is 2.62. The van der Waals surface area contributed by atoms with Gasteiger partial charge in [0.1, 0.15) is 0 Å². The van der Waals surface area contributed by atoms with Gasteiger partial charge in [0.05, 0.1) is 12.7 Å². The fraction of sp³-hybridized carbons (Fsp3) is 1.00. The quantitative estimate of drug-likeness (QED) is 0.644. The minimum Gasteiger partial charge on any atom is -0.395 e. The molecule has 3 nitrogen and oxygen atoms in total. The van der Waals surface area contributed by atoms with Gasteiger partial charge in [-0.3, -0.25) is 0 Å². The van der Waals surface area contributed by atoms with Gasteiger partial charge in [-0.15, -0.1) is 0 Å². The topological polar surface area (TPSA) is 41.5 Å². The Bertz CT molecular complexity index is 168. The summed E-state index contributed by atoms with van der Waals surface area (Å²) in [6, 6.07) is 0.209. The Morgan fingerprint density at radius 3 is 2.53 bits per heavy atom. The van der Waals surface area contributed by atoms with Crippen molar-refractivity contribution < 1.29 is 9.84 Å². The predicted molar refractivity (Wildman–Crippen MR) is 71.2 cm³/mol. The van der Waals surface area contributed by atoms with E-state index in [0.717, 1.165) is 26.0 Å². The van der Waals surface area contributed by atoms with E-state index in [4.69, 9.17) is 4.74 Å². The Morgan fingerprint density at radius 2 is 1.94 bits per heavy atom. The lowest BCUT2D eigenvalue weighted by Gasteiger charge is -2.19. The third-order valence-electron chi connectivity index (χ3n) is 3.53. The third-order valence-corrected chi connectivity index (χ3v) is 3.53. The van der Waals surface area contributed by atoms with Crippen molar-refractivity contribution in [1.82, 2.24) is 5.32 Å². The maximum Gasteiger partial charge on any atom is 0.0585 e. The number of nitrogens with one attached hydrogen (secondary N) is 1. The first-order valence-corrected chi connectivity index (χ1v) is 7.32. The van der Waals surface area contributed by atoms with E-state index in [0.29, 0.717) is 6.10 Å². The summed E-state index contributed by atoms with van der Waals surface area (Å²) in [6.45, 7) is 4.12. The molecule has 1 aliphatic rings. The molecule has 3 heteroatoms. The van der Waals surface area contributed by atoms with Gasteiger partial charge in [-0.25, -0.2) is 0 Å².